The second-order valence-corrected chi connectivity index (χ2v) is 7.41. The number of nitrogens with zero attached hydrogens (tertiary/aromatic N) is 3. The number of aromatic nitrogens is 3. The monoisotopic (exact) mass is 358 g/mol. The molecule has 0 bridgehead atoms. The van der Waals surface area contributed by atoms with Crippen LogP contribution in [0.1, 0.15) is 43.0 Å². The largest absolute Gasteiger partial charge is 0.355 e. The van der Waals surface area contributed by atoms with Crippen LogP contribution < -0.4 is 5.32 Å². The molecule has 0 radical (unpaired) electrons. The molecule has 1 aliphatic rings. The topological polar surface area (TPSA) is 59.8 Å². The summed E-state index contributed by atoms with van der Waals surface area (Å²) in [4.78, 5) is 12.9. The Kier molecular flexibility index (Phi) is 6.13. The third-order valence-corrected chi connectivity index (χ3v) is 5.79. The predicted octanol–water partition coefficient (Wildman–Crippen LogP) is 3.17. The Balaban J connectivity index is 1.63. The number of amides is 1. The number of carbonyl (C=O) groups excluding carboxylic acids is 1. The van der Waals surface area contributed by atoms with Crippen molar-refractivity contribution in [2.24, 2.45) is 13.0 Å². The van der Waals surface area contributed by atoms with E-state index in [1.807, 2.05) is 36.1 Å². The normalized spacial score (nSPS) is 16.1. The van der Waals surface area contributed by atoms with Crippen molar-refractivity contribution < 1.29 is 4.79 Å². The molecule has 6 heteroatoms. The molecule has 0 saturated heterocycles. The minimum atomic E-state index is -0.0371. The van der Waals surface area contributed by atoms with Crippen molar-refractivity contribution in [2.75, 3.05) is 12.8 Å². The zero-order chi connectivity index (χ0) is 17.6. The Labute approximate surface area is 153 Å². The van der Waals surface area contributed by atoms with Crippen molar-refractivity contribution in [3.8, 4) is 0 Å². The molecule has 0 unspecified atom stereocenters. The maximum atomic E-state index is 12.9. The van der Waals surface area contributed by atoms with Crippen LogP contribution in [0.25, 0.3) is 0 Å². The van der Waals surface area contributed by atoms with Gasteiger partial charge in [0.25, 0.3) is 0 Å². The molecule has 1 aliphatic carbocycles. The van der Waals surface area contributed by atoms with Gasteiger partial charge in [-0.25, -0.2) is 0 Å². The fourth-order valence-corrected chi connectivity index (χ4v) is 4.24. The van der Waals surface area contributed by atoms with Gasteiger partial charge in [0.05, 0.1) is 5.92 Å². The highest BCUT2D eigenvalue weighted by molar-refractivity contribution is 7.98. The molecule has 1 saturated carbocycles. The van der Waals surface area contributed by atoms with Crippen molar-refractivity contribution in [2.45, 2.75) is 43.2 Å². The van der Waals surface area contributed by atoms with E-state index < -0.39 is 0 Å². The summed E-state index contributed by atoms with van der Waals surface area (Å²) in [7, 11) is 1.97. The summed E-state index contributed by atoms with van der Waals surface area (Å²) in [5.74, 6) is 1.47. The Bertz CT molecular complexity index is 695. The maximum Gasteiger partial charge on any atom is 0.227 e. The lowest BCUT2D eigenvalue weighted by Gasteiger charge is -2.23. The number of rotatable bonds is 7. The number of nitrogens with one attached hydrogen (secondary N) is 1. The van der Waals surface area contributed by atoms with Gasteiger partial charge in [0.15, 0.2) is 5.16 Å². The molecule has 1 aromatic heterocycles. The Morgan fingerprint density at radius 1 is 1.28 bits per heavy atom. The average Bonchev–Trinajstić information content (AvgIpc) is 3.27. The minimum absolute atomic E-state index is 0.0371. The van der Waals surface area contributed by atoms with Crippen LogP contribution in [0.2, 0.25) is 0 Å². The molecular weight excluding hydrogens is 332 g/mol. The predicted molar refractivity (Wildman–Crippen MR) is 101 cm³/mol. The Morgan fingerprint density at radius 3 is 2.64 bits per heavy atom. The smallest absolute Gasteiger partial charge is 0.227 e. The lowest BCUT2D eigenvalue weighted by Crippen LogP contribution is -2.34. The summed E-state index contributed by atoms with van der Waals surface area (Å²) in [5.41, 5.74) is 1.13. The molecule has 5 nitrogen and oxygen atoms in total. The quantitative estimate of drug-likeness (QED) is 0.772. The van der Waals surface area contributed by atoms with Crippen LogP contribution in [0.4, 0.5) is 0 Å². The molecule has 25 heavy (non-hydrogen) atoms. The number of hydrogen-bond acceptors (Lipinski definition) is 4. The summed E-state index contributed by atoms with van der Waals surface area (Å²) < 4.78 is 1.99. The Morgan fingerprint density at radius 2 is 2.00 bits per heavy atom. The Hall–Kier alpha value is -1.82. The molecule has 1 amide bonds. The van der Waals surface area contributed by atoms with Gasteiger partial charge in [0.1, 0.15) is 5.82 Å². The van der Waals surface area contributed by atoms with Crippen molar-refractivity contribution in [1.82, 2.24) is 20.1 Å². The van der Waals surface area contributed by atoms with Gasteiger partial charge in [-0.1, -0.05) is 54.9 Å². The van der Waals surface area contributed by atoms with Crippen LogP contribution in [-0.2, 0) is 18.3 Å². The third kappa shape index (κ3) is 4.24. The van der Waals surface area contributed by atoms with Crippen molar-refractivity contribution >= 4 is 17.7 Å². The van der Waals surface area contributed by atoms with E-state index in [0.717, 1.165) is 29.4 Å². The molecule has 1 aromatic carbocycles. The molecule has 134 valence electrons. The van der Waals surface area contributed by atoms with E-state index in [2.05, 4.69) is 27.6 Å². The summed E-state index contributed by atoms with van der Waals surface area (Å²) in [6, 6.07) is 10.2. The zero-order valence-electron chi connectivity index (χ0n) is 14.9. The van der Waals surface area contributed by atoms with E-state index in [1.165, 1.54) is 12.8 Å². The van der Waals surface area contributed by atoms with Gasteiger partial charge in [0.2, 0.25) is 5.91 Å². The van der Waals surface area contributed by atoms with Gasteiger partial charge in [-0.15, -0.1) is 10.2 Å². The first-order valence-electron chi connectivity index (χ1n) is 8.95. The third-order valence-electron chi connectivity index (χ3n) is 5.07. The van der Waals surface area contributed by atoms with Gasteiger partial charge in [-0.05, 0) is 30.6 Å². The maximum absolute atomic E-state index is 12.9. The van der Waals surface area contributed by atoms with Gasteiger partial charge < -0.3 is 9.88 Å². The summed E-state index contributed by atoms with van der Waals surface area (Å²) in [6.07, 6.45) is 7.44. The van der Waals surface area contributed by atoms with E-state index >= 15 is 0 Å². The van der Waals surface area contributed by atoms with Crippen LogP contribution in [0.3, 0.4) is 0 Å². The molecule has 1 N–H and O–H groups in total. The van der Waals surface area contributed by atoms with E-state index in [4.69, 9.17) is 0 Å². The van der Waals surface area contributed by atoms with Crippen LogP contribution >= 0.6 is 11.8 Å². The molecule has 3 rings (SSSR count). The molecule has 1 heterocycles. The summed E-state index contributed by atoms with van der Waals surface area (Å²) in [5, 5.41) is 12.4. The van der Waals surface area contributed by atoms with Crippen molar-refractivity contribution in [1.29, 1.82) is 0 Å². The van der Waals surface area contributed by atoms with Crippen LogP contribution in [-0.4, -0.2) is 33.5 Å². The number of benzene rings is 1. The standard InChI is InChI=1S/C19H26N4OS/c1-23-16(21-22-19(23)25-2)12-13-20-18(24)17(15-10-6-7-11-15)14-8-4-3-5-9-14/h3-5,8-9,15,17H,6-7,10-13H2,1-2H3,(H,20,24)/t17-/m1/s1. The second-order valence-electron chi connectivity index (χ2n) is 6.64. The molecule has 0 aliphatic heterocycles. The average molecular weight is 359 g/mol. The van der Waals surface area contributed by atoms with Gasteiger partial charge in [0, 0.05) is 20.0 Å². The van der Waals surface area contributed by atoms with Crippen LogP contribution in [0, 0.1) is 5.92 Å². The first kappa shape index (κ1) is 18.0. The molecular formula is C19H26N4OS. The van der Waals surface area contributed by atoms with E-state index in [-0.39, 0.29) is 11.8 Å². The minimum Gasteiger partial charge on any atom is -0.355 e. The van der Waals surface area contributed by atoms with Crippen molar-refractivity contribution in [3.05, 3.63) is 41.7 Å². The number of thioether (sulfide) groups is 1. The molecule has 1 atom stereocenters. The van der Waals surface area contributed by atoms with E-state index in [9.17, 15) is 4.79 Å². The van der Waals surface area contributed by atoms with Gasteiger partial charge >= 0.3 is 0 Å². The van der Waals surface area contributed by atoms with Crippen molar-refractivity contribution in [3.63, 3.8) is 0 Å². The molecule has 0 spiro atoms. The zero-order valence-corrected chi connectivity index (χ0v) is 15.8. The highest BCUT2D eigenvalue weighted by atomic mass is 32.2. The fourth-order valence-electron chi connectivity index (χ4n) is 3.74. The lowest BCUT2D eigenvalue weighted by molar-refractivity contribution is -0.123. The summed E-state index contributed by atoms with van der Waals surface area (Å²) in [6.45, 7) is 0.593. The van der Waals surface area contributed by atoms with Crippen LogP contribution in [0.15, 0.2) is 35.5 Å². The van der Waals surface area contributed by atoms with Gasteiger partial charge in [-0.3, -0.25) is 4.79 Å². The highest BCUT2D eigenvalue weighted by Gasteiger charge is 2.31. The first-order valence-corrected chi connectivity index (χ1v) is 10.2. The summed E-state index contributed by atoms with van der Waals surface area (Å²) >= 11 is 1.58. The first-order chi connectivity index (χ1) is 12.2. The van der Waals surface area contributed by atoms with Gasteiger partial charge in [-0.2, -0.15) is 0 Å². The SMILES string of the molecule is CSc1nnc(CCNC(=O)[C@H](c2ccccc2)C2CCCC2)n1C. The highest BCUT2D eigenvalue weighted by Crippen LogP contribution is 2.37. The molecule has 2 aromatic rings. The number of carbonyl (C=O) groups is 1. The van der Waals surface area contributed by atoms with Crippen LogP contribution in [0.5, 0.6) is 0 Å². The van der Waals surface area contributed by atoms with E-state index in [1.54, 1.807) is 11.8 Å². The number of hydrogen-bond donors (Lipinski definition) is 1. The second kappa shape index (κ2) is 8.52. The van der Waals surface area contributed by atoms with E-state index in [0.29, 0.717) is 18.9 Å². The fraction of sp³-hybridized carbons (Fsp3) is 0.526. The molecule has 1 fully saturated rings. The lowest BCUT2D eigenvalue weighted by atomic mass is 9.84.